The first kappa shape index (κ1) is 25.7. The normalized spacial score (nSPS) is 21.4. The molecule has 5 heteroatoms. The summed E-state index contributed by atoms with van der Waals surface area (Å²) in [7, 11) is 0. The molecule has 0 N–H and O–H groups in total. The van der Waals surface area contributed by atoms with Gasteiger partial charge < -0.3 is 9.47 Å². The molecule has 1 saturated carbocycles. The molecule has 4 atom stereocenters. The standard InChI is InChI=1S/C28H35IO4/c1-20(2)25(27(30)32-18-21-9-5-3-6-10-21)15-13-23-17-24(29)14-16-26(23)28(31)33-19-22-11-7-4-8-12-22/h3-12,20,23-26H,13-19H2,1-2H3. The molecule has 0 bridgehead atoms. The van der Waals surface area contributed by atoms with E-state index in [4.69, 9.17) is 9.47 Å². The number of alkyl halides is 1. The third-order valence-corrected chi connectivity index (χ3v) is 7.76. The van der Waals surface area contributed by atoms with Crippen LogP contribution in [-0.4, -0.2) is 15.9 Å². The van der Waals surface area contributed by atoms with Crippen LogP contribution in [0.4, 0.5) is 0 Å². The quantitative estimate of drug-likeness (QED) is 0.183. The summed E-state index contributed by atoms with van der Waals surface area (Å²) in [6.45, 7) is 4.76. The van der Waals surface area contributed by atoms with Gasteiger partial charge in [-0.3, -0.25) is 9.59 Å². The third kappa shape index (κ3) is 8.13. The molecule has 3 rings (SSSR count). The number of benzene rings is 2. The van der Waals surface area contributed by atoms with E-state index in [0.717, 1.165) is 43.2 Å². The Morgan fingerprint density at radius 2 is 1.48 bits per heavy atom. The number of hydrogen-bond donors (Lipinski definition) is 0. The highest BCUT2D eigenvalue weighted by atomic mass is 127. The van der Waals surface area contributed by atoms with Crippen LogP contribution in [0.5, 0.6) is 0 Å². The Hall–Kier alpha value is -1.89. The minimum Gasteiger partial charge on any atom is -0.461 e. The average molecular weight is 562 g/mol. The van der Waals surface area contributed by atoms with E-state index in [-0.39, 0.29) is 35.6 Å². The largest absolute Gasteiger partial charge is 0.461 e. The molecule has 0 spiro atoms. The van der Waals surface area contributed by atoms with Crippen LogP contribution < -0.4 is 0 Å². The van der Waals surface area contributed by atoms with E-state index in [0.29, 0.717) is 17.1 Å². The fraction of sp³-hybridized carbons (Fsp3) is 0.500. The molecule has 0 aliphatic heterocycles. The molecule has 0 saturated heterocycles. The average Bonchev–Trinajstić information content (AvgIpc) is 2.82. The molecule has 4 unspecified atom stereocenters. The summed E-state index contributed by atoms with van der Waals surface area (Å²) in [6.07, 6.45) is 4.47. The SMILES string of the molecule is CC(C)C(CCC1CC(I)CCC1C(=O)OCc1ccccc1)C(=O)OCc1ccccc1. The second kappa shape index (κ2) is 13.1. The number of esters is 2. The van der Waals surface area contributed by atoms with Crippen LogP contribution in [0.15, 0.2) is 60.7 Å². The van der Waals surface area contributed by atoms with Gasteiger partial charge in [0, 0.05) is 3.92 Å². The maximum Gasteiger partial charge on any atom is 0.309 e. The molecule has 2 aromatic carbocycles. The van der Waals surface area contributed by atoms with E-state index in [2.05, 4.69) is 36.4 Å². The highest BCUT2D eigenvalue weighted by Crippen LogP contribution is 2.39. The van der Waals surface area contributed by atoms with Gasteiger partial charge in [-0.2, -0.15) is 0 Å². The van der Waals surface area contributed by atoms with Crippen molar-refractivity contribution in [2.75, 3.05) is 0 Å². The Kier molecular flexibility index (Phi) is 10.2. The lowest BCUT2D eigenvalue weighted by molar-refractivity contribution is -0.153. The number of carbonyl (C=O) groups is 2. The van der Waals surface area contributed by atoms with Crippen molar-refractivity contribution in [3.63, 3.8) is 0 Å². The Bertz CT molecular complexity index is 868. The van der Waals surface area contributed by atoms with Gasteiger partial charge in [-0.15, -0.1) is 0 Å². The zero-order chi connectivity index (χ0) is 23.6. The molecule has 4 nitrogen and oxygen atoms in total. The van der Waals surface area contributed by atoms with Crippen LogP contribution in [0.2, 0.25) is 0 Å². The fourth-order valence-electron chi connectivity index (χ4n) is 4.62. The predicted octanol–water partition coefficient (Wildman–Crippen LogP) is 6.75. The van der Waals surface area contributed by atoms with Crippen molar-refractivity contribution in [1.29, 1.82) is 0 Å². The van der Waals surface area contributed by atoms with Crippen LogP contribution in [0, 0.1) is 23.7 Å². The number of carbonyl (C=O) groups excluding carboxylic acids is 2. The van der Waals surface area contributed by atoms with E-state index in [1.807, 2.05) is 60.7 Å². The Morgan fingerprint density at radius 1 is 0.909 bits per heavy atom. The molecule has 1 aliphatic rings. The van der Waals surface area contributed by atoms with Gasteiger partial charge in [-0.1, -0.05) is 97.1 Å². The minimum atomic E-state index is -0.163. The Balaban J connectivity index is 1.56. The van der Waals surface area contributed by atoms with Gasteiger partial charge in [0.05, 0.1) is 11.8 Å². The van der Waals surface area contributed by atoms with Crippen molar-refractivity contribution in [3.05, 3.63) is 71.8 Å². The summed E-state index contributed by atoms with van der Waals surface area (Å²) in [6, 6.07) is 19.6. The molecule has 178 valence electrons. The predicted molar refractivity (Wildman–Crippen MR) is 139 cm³/mol. The van der Waals surface area contributed by atoms with Crippen LogP contribution in [-0.2, 0) is 32.3 Å². The fourth-order valence-corrected chi connectivity index (χ4v) is 5.64. The topological polar surface area (TPSA) is 52.6 Å². The van der Waals surface area contributed by atoms with Gasteiger partial charge in [0.15, 0.2) is 0 Å². The first-order chi connectivity index (χ1) is 15.9. The van der Waals surface area contributed by atoms with E-state index in [1.165, 1.54) is 0 Å². The summed E-state index contributed by atoms with van der Waals surface area (Å²) in [5.74, 6) is -0.0567. The number of ether oxygens (including phenoxy) is 2. The second-order valence-electron chi connectivity index (χ2n) is 9.39. The van der Waals surface area contributed by atoms with Gasteiger partial charge in [0.25, 0.3) is 0 Å². The Morgan fingerprint density at radius 3 is 2.06 bits per heavy atom. The zero-order valence-electron chi connectivity index (χ0n) is 19.6. The zero-order valence-corrected chi connectivity index (χ0v) is 21.8. The molecular weight excluding hydrogens is 527 g/mol. The summed E-state index contributed by atoms with van der Waals surface area (Å²) in [4.78, 5) is 25.8. The van der Waals surface area contributed by atoms with Gasteiger partial charge in [0.2, 0.25) is 0 Å². The van der Waals surface area contributed by atoms with Crippen molar-refractivity contribution in [1.82, 2.24) is 0 Å². The van der Waals surface area contributed by atoms with Gasteiger partial charge >= 0.3 is 11.9 Å². The highest BCUT2D eigenvalue weighted by Gasteiger charge is 2.36. The van der Waals surface area contributed by atoms with Crippen molar-refractivity contribution in [2.24, 2.45) is 23.7 Å². The number of hydrogen-bond acceptors (Lipinski definition) is 4. The first-order valence-electron chi connectivity index (χ1n) is 12.0. The van der Waals surface area contributed by atoms with E-state index in [9.17, 15) is 9.59 Å². The summed E-state index contributed by atoms with van der Waals surface area (Å²) >= 11 is 2.50. The maximum absolute atomic E-state index is 12.9. The molecule has 0 heterocycles. The minimum absolute atomic E-state index is 0.0899. The van der Waals surface area contributed by atoms with Gasteiger partial charge in [-0.05, 0) is 55.1 Å². The Labute approximate surface area is 211 Å². The number of rotatable bonds is 10. The van der Waals surface area contributed by atoms with Crippen LogP contribution in [0.3, 0.4) is 0 Å². The van der Waals surface area contributed by atoms with Crippen molar-refractivity contribution in [3.8, 4) is 0 Å². The van der Waals surface area contributed by atoms with Crippen LogP contribution in [0.1, 0.15) is 57.1 Å². The van der Waals surface area contributed by atoms with Crippen molar-refractivity contribution >= 4 is 34.5 Å². The molecule has 1 aliphatic carbocycles. The molecule has 2 aromatic rings. The molecule has 0 aromatic heterocycles. The van der Waals surface area contributed by atoms with Crippen molar-refractivity contribution in [2.45, 2.75) is 63.1 Å². The maximum atomic E-state index is 12.9. The summed E-state index contributed by atoms with van der Waals surface area (Å²) < 4.78 is 11.9. The lowest BCUT2D eigenvalue weighted by Crippen LogP contribution is -2.33. The number of halogens is 1. The smallest absolute Gasteiger partial charge is 0.309 e. The highest BCUT2D eigenvalue weighted by molar-refractivity contribution is 14.1. The van der Waals surface area contributed by atoms with E-state index >= 15 is 0 Å². The molecular formula is C28H35IO4. The summed E-state index contributed by atoms with van der Waals surface area (Å²) in [5.41, 5.74) is 2.00. The van der Waals surface area contributed by atoms with Crippen LogP contribution in [0.25, 0.3) is 0 Å². The van der Waals surface area contributed by atoms with E-state index < -0.39 is 0 Å². The van der Waals surface area contributed by atoms with E-state index in [1.54, 1.807) is 0 Å². The molecule has 1 fully saturated rings. The second-order valence-corrected chi connectivity index (χ2v) is 11.2. The summed E-state index contributed by atoms with van der Waals surface area (Å²) in [5, 5.41) is 0. The first-order valence-corrected chi connectivity index (χ1v) is 13.2. The third-order valence-electron chi connectivity index (χ3n) is 6.62. The lowest BCUT2D eigenvalue weighted by atomic mass is 9.75. The van der Waals surface area contributed by atoms with Crippen LogP contribution >= 0.6 is 22.6 Å². The van der Waals surface area contributed by atoms with Gasteiger partial charge in [0.1, 0.15) is 13.2 Å². The molecule has 0 amide bonds. The molecule has 33 heavy (non-hydrogen) atoms. The van der Waals surface area contributed by atoms with Gasteiger partial charge in [-0.25, -0.2) is 0 Å². The van der Waals surface area contributed by atoms with Crippen molar-refractivity contribution < 1.29 is 19.1 Å². The molecule has 0 radical (unpaired) electrons. The monoisotopic (exact) mass is 562 g/mol. The lowest BCUT2D eigenvalue weighted by Gasteiger charge is -2.33.